The molecule has 0 bridgehead atoms. The van der Waals surface area contributed by atoms with Gasteiger partial charge in [-0.1, -0.05) is 0 Å². The fourth-order valence-corrected chi connectivity index (χ4v) is 2.47. The minimum atomic E-state index is -3.74. The quantitative estimate of drug-likeness (QED) is 0.679. The van der Waals surface area contributed by atoms with E-state index in [1.165, 1.54) is 0 Å². The Hall–Kier alpha value is -1.24. The van der Waals surface area contributed by atoms with Crippen LogP contribution in [-0.4, -0.2) is 41.8 Å². The second-order valence-corrected chi connectivity index (χ2v) is 5.66. The minimum absolute atomic E-state index is 0. The number of benzene rings is 1. The third-order valence-corrected chi connectivity index (χ3v) is 3.90. The summed E-state index contributed by atoms with van der Waals surface area (Å²) < 4.78 is 44.1. The molecule has 118 valence electrons. The molecule has 0 atom stereocenters. The molecule has 1 rings (SSSR count). The number of sulfonamides is 1. The Kier molecular flexibility index (Phi) is 9.08. The number of rotatable bonds is 8. The molecule has 0 aliphatic carbocycles. The molecule has 2 N–H and O–H groups in total. The second-order valence-electron chi connectivity index (χ2n) is 3.89. The lowest BCUT2D eigenvalue weighted by Crippen LogP contribution is -2.33. The van der Waals surface area contributed by atoms with Crippen molar-refractivity contribution in [2.75, 3.05) is 33.4 Å². The van der Waals surface area contributed by atoms with Gasteiger partial charge in [-0.05, 0) is 18.2 Å². The van der Waals surface area contributed by atoms with E-state index >= 15 is 0 Å². The van der Waals surface area contributed by atoms with Gasteiger partial charge in [0, 0.05) is 26.7 Å². The number of ether oxygens (including phenoxy) is 1. The van der Waals surface area contributed by atoms with E-state index in [0.29, 0.717) is 19.7 Å². The zero-order valence-corrected chi connectivity index (χ0v) is 13.1. The summed E-state index contributed by atoms with van der Waals surface area (Å²) in [6, 6.07) is 4.70. The highest BCUT2D eigenvalue weighted by atomic mass is 35.5. The van der Waals surface area contributed by atoms with Gasteiger partial charge in [0.15, 0.2) is 0 Å². The van der Waals surface area contributed by atoms with Crippen LogP contribution in [0.1, 0.15) is 5.56 Å². The lowest BCUT2D eigenvalue weighted by Gasteiger charge is -2.08. The van der Waals surface area contributed by atoms with Crippen molar-refractivity contribution < 1.29 is 17.5 Å². The second kappa shape index (κ2) is 9.65. The molecule has 0 aliphatic heterocycles. The standard InChI is InChI=1S/C12H16FN3O3S.ClH/c1-19-7-6-15-4-5-16-20(17,18)11-2-3-12(13)10(8-11)9-14;/h2-3,8,15-16H,4-7H2,1H3;1H. The number of hydrogen-bond donors (Lipinski definition) is 2. The van der Waals surface area contributed by atoms with E-state index in [4.69, 9.17) is 10.00 Å². The number of methoxy groups -OCH3 is 1. The molecule has 0 fully saturated rings. The van der Waals surface area contributed by atoms with E-state index < -0.39 is 15.8 Å². The molecule has 0 aliphatic rings. The summed E-state index contributed by atoms with van der Waals surface area (Å²) >= 11 is 0. The molecule has 21 heavy (non-hydrogen) atoms. The molecule has 9 heteroatoms. The first-order valence-electron chi connectivity index (χ1n) is 5.90. The summed E-state index contributed by atoms with van der Waals surface area (Å²) in [5, 5.41) is 11.7. The average molecular weight is 338 g/mol. The fourth-order valence-electron chi connectivity index (χ4n) is 1.41. The van der Waals surface area contributed by atoms with Crippen LogP contribution < -0.4 is 10.0 Å². The lowest BCUT2D eigenvalue weighted by atomic mass is 10.2. The topological polar surface area (TPSA) is 91.2 Å². The van der Waals surface area contributed by atoms with E-state index in [1.54, 1.807) is 13.2 Å². The third-order valence-electron chi connectivity index (χ3n) is 2.45. The summed E-state index contributed by atoms with van der Waals surface area (Å²) in [6.07, 6.45) is 0. The predicted octanol–water partition coefficient (Wildman–Crippen LogP) is 0.633. The molecule has 0 saturated heterocycles. The van der Waals surface area contributed by atoms with Crippen molar-refractivity contribution >= 4 is 22.4 Å². The van der Waals surface area contributed by atoms with Gasteiger partial charge in [0.1, 0.15) is 11.9 Å². The van der Waals surface area contributed by atoms with Crippen molar-refractivity contribution in [2.24, 2.45) is 0 Å². The van der Waals surface area contributed by atoms with Crippen LogP contribution in [0.4, 0.5) is 4.39 Å². The number of nitriles is 1. The Bertz CT molecular complexity index is 590. The first kappa shape index (κ1) is 19.8. The third kappa shape index (κ3) is 6.37. The molecule has 0 saturated carbocycles. The fraction of sp³-hybridized carbons (Fsp3) is 0.417. The van der Waals surface area contributed by atoms with Crippen LogP contribution in [0.3, 0.4) is 0 Å². The van der Waals surface area contributed by atoms with Crippen molar-refractivity contribution in [2.45, 2.75) is 4.90 Å². The maximum Gasteiger partial charge on any atom is 0.240 e. The maximum atomic E-state index is 13.1. The lowest BCUT2D eigenvalue weighted by molar-refractivity contribution is 0.199. The molecule has 6 nitrogen and oxygen atoms in total. The van der Waals surface area contributed by atoms with Crippen molar-refractivity contribution in [1.82, 2.24) is 10.0 Å². The highest BCUT2D eigenvalue weighted by Crippen LogP contribution is 2.13. The van der Waals surface area contributed by atoms with Crippen LogP contribution >= 0.6 is 12.4 Å². The van der Waals surface area contributed by atoms with E-state index in [1.807, 2.05) is 0 Å². The van der Waals surface area contributed by atoms with Crippen LogP contribution in [0.2, 0.25) is 0 Å². The largest absolute Gasteiger partial charge is 0.383 e. The summed E-state index contributed by atoms with van der Waals surface area (Å²) in [4.78, 5) is -0.132. The number of nitrogens with one attached hydrogen (secondary N) is 2. The van der Waals surface area contributed by atoms with Gasteiger partial charge in [0.2, 0.25) is 10.0 Å². The van der Waals surface area contributed by atoms with Crippen molar-refractivity contribution in [3.8, 4) is 6.07 Å². The zero-order chi connectivity index (χ0) is 15.0. The highest BCUT2D eigenvalue weighted by molar-refractivity contribution is 7.89. The van der Waals surface area contributed by atoms with Crippen molar-refractivity contribution in [3.63, 3.8) is 0 Å². The Balaban J connectivity index is 0.00000400. The van der Waals surface area contributed by atoms with Gasteiger partial charge in [-0.3, -0.25) is 0 Å². The zero-order valence-electron chi connectivity index (χ0n) is 11.4. The summed E-state index contributed by atoms with van der Waals surface area (Å²) in [6.45, 7) is 1.78. The summed E-state index contributed by atoms with van der Waals surface area (Å²) in [5.41, 5.74) is -0.300. The summed E-state index contributed by atoms with van der Waals surface area (Å²) in [7, 11) is -2.17. The SMILES string of the molecule is COCCNCCNS(=O)(=O)c1ccc(F)c(C#N)c1.Cl. The molecular formula is C12H17ClFN3O3S. The van der Waals surface area contributed by atoms with E-state index in [-0.39, 0.29) is 29.4 Å². The van der Waals surface area contributed by atoms with Crippen LogP contribution in [0.25, 0.3) is 0 Å². The van der Waals surface area contributed by atoms with Gasteiger partial charge in [-0.15, -0.1) is 12.4 Å². The molecule has 0 radical (unpaired) electrons. The van der Waals surface area contributed by atoms with Crippen LogP contribution in [-0.2, 0) is 14.8 Å². The highest BCUT2D eigenvalue weighted by Gasteiger charge is 2.15. The molecule has 0 aromatic heterocycles. The summed E-state index contributed by atoms with van der Waals surface area (Å²) in [5.74, 6) is -0.743. The molecular weight excluding hydrogens is 321 g/mol. The minimum Gasteiger partial charge on any atom is -0.383 e. The van der Waals surface area contributed by atoms with Gasteiger partial charge in [-0.2, -0.15) is 5.26 Å². The number of halogens is 2. The van der Waals surface area contributed by atoms with Gasteiger partial charge >= 0.3 is 0 Å². The molecule has 0 heterocycles. The Morgan fingerprint density at radius 2 is 2.05 bits per heavy atom. The van der Waals surface area contributed by atoms with Crippen molar-refractivity contribution in [3.05, 3.63) is 29.6 Å². The Labute approximate surface area is 129 Å². The van der Waals surface area contributed by atoms with Crippen LogP contribution in [0.5, 0.6) is 0 Å². The van der Waals surface area contributed by atoms with E-state index in [0.717, 1.165) is 18.2 Å². The number of hydrogen-bond acceptors (Lipinski definition) is 5. The van der Waals surface area contributed by atoms with Gasteiger partial charge in [0.05, 0.1) is 17.1 Å². The Morgan fingerprint density at radius 3 is 2.67 bits per heavy atom. The Morgan fingerprint density at radius 1 is 1.33 bits per heavy atom. The molecule has 1 aromatic rings. The monoisotopic (exact) mass is 337 g/mol. The van der Waals surface area contributed by atoms with Gasteiger partial charge in [-0.25, -0.2) is 17.5 Å². The normalized spacial score (nSPS) is 10.7. The first-order valence-corrected chi connectivity index (χ1v) is 7.38. The van der Waals surface area contributed by atoms with Gasteiger partial charge in [0.25, 0.3) is 0 Å². The molecule has 0 amide bonds. The van der Waals surface area contributed by atoms with Crippen LogP contribution in [0, 0.1) is 17.1 Å². The number of nitrogens with zero attached hydrogens (tertiary/aromatic N) is 1. The van der Waals surface area contributed by atoms with E-state index in [9.17, 15) is 12.8 Å². The smallest absolute Gasteiger partial charge is 0.240 e. The molecule has 0 unspecified atom stereocenters. The van der Waals surface area contributed by atoms with Gasteiger partial charge < -0.3 is 10.1 Å². The first-order chi connectivity index (χ1) is 9.51. The van der Waals surface area contributed by atoms with E-state index in [2.05, 4.69) is 10.0 Å². The maximum absolute atomic E-state index is 13.1. The molecule has 0 spiro atoms. The predicted molar refractivity (Wildman–Crippen MR) is 78.3 cm³/mol. The molecule has 1 aromatic carbocycles. The van der Waals surface area contributed by atoms with Crippen molar-refractivity contribution in [1.29, 1.82) is 5.26 Å². The van der Waals surface area contributed by atoms with Crippen LogP contribution in [0.15, 0.2) is 23.1 Å². The average Bonchev–Trinajstić information content (AvgIpc) is 2.43.